The Morgan fingerprint density at radius 1 is 0.971 bits per heavy atom. The molecule has 0 spiro atoms. The first kappa shape index (κ1) is 23.9. The number of fused-ring (bicyclic) bond motifs is 4. The molecule has 1 heterocycles. The standard InChI is InChI=1S/C29H33NO5/c1-29(2,3)30-24-6-4-5-17(24)14-25(30)28(34)35-16-27(33)19-8-10-23-21(12-19)13-20-11-18(26(32)15-31)7-9-22(20)23/h7-12,17,24-25,31H,4-6,13-16H2,1-3H3/t17?,24?,25-/m0/s1. The number of rotatable bonds is 6. The lowest BCUT2D eigenvalue weighted by Crippen LogP contribution is -2.52. The lowest BCUT2D eigenvalue weighted by molar-refractivity contribution is -0.150. The van der Waals surface area contributed by atoms with E-state index in [1.165, 1.54) is 6.42 Å². The van der Waals surface area contributed by atoms with Crippen LogP contribution in [0.25, 0.3) is 11.1 Å². The SMILES string of the molecule is CC(C)(C)N1C2CCCC2C[C@H]1C(=O)OCC(=O)c1ccc2c(c1)Cc1cc(C(=O)CO)ccc1-2. The Morgan fingerprint density at radius 3 is 2.20 bits per heavy atom. The first-order valence-electron chi connectivity index (χ1n) is 12.6. The number of ether oxygens (including phenoxy) is 1. The van der Waals surface area contributed by atoms with Crippen LogP contribution in [-0.2, 0) is 16.0 Å². The van der Waals surface area contributed by atoms with E-state index in [2.05, 4.69) is 25.7 Å². The van der Waals surface area contributed by atoms with Gasteiger partial charge in [-0.2, -0.15) is 0 Å². The highest BCUT2D eigenvalue weighted by atomic mass is 16.5. The van der Waals surface area contributed by atoms with Gasteiger partial charge < -0.3 is 9.84 Å². The van der Waals surface area contributed by atoms with E-state index in [9.17, 15) is 14.4 Å². The van der Waals surface area contributed by atoms with E-state index >= 15 is 0 Å². The maximum Gasteiger partial charge on any atom is 0.323 e. The van der Waals surface area contributed by atoms with Crippen molar-refractivity contribution >= 4 is 17.5 Å². The average Bonchev–Trinajstić information content (AvgIpc) is 3.52. The molecule has 0 bridgehead atoms. The first-order valence-corrected chi connectivity index (χ1v) is 12.6. The van der Waals surface area contributed by atoms with Crippen molar-refractivity contribution < 1.29 is 24.2 Å². The molecular weight excluding hydrogens is 442 g/mol. The van der Waals surface area contributed by atoms with E-state index in [4.69, 9.17) is 9.84 Å². The fraction of sp³-hybridized carbons (Fsp3) is 0.483. The first-order chi connectivity index (χ1) is 16.7. The van der Waals surface area contributed by atoms with E-state index in [1.807, 2.05) is 24.3 Å². The molecule has 0 amide bonds. The summed E-state index contributed by atoms with van der Waals surface area (Å²) in [6, 6.07) is 11.1. The van der Waals surface area contributed by atoms with E-state index in [0.29, 0.717) is 29.5 Å². The fourth-order valence-electron chi connectivity index (χ4n) is 6.43. The van der Waals surface area contributed by atoms with Crippen LogP contribution in [0.15, 0.2) is 36.4 Å². The molecule has 1 saturated carbocycles. The molecule has 2 unspecified atom stereocenters. The van der Waals surface area contributed by atoms with Gasteiger partial charge in [-0.3, -0.25) is 19.3 Å². The molecule has 1 saturated heterocycles. The number of aliphatic hydroxyl groups excluding tert-OH is 1. The zero-order valence-electron chi connectivity index (χ0n) is 20.7. The summed E-state index contributed by atoms with van der Waals surface area (Å²) < 4.78 is 5.58. The third kappa shape index (κ3) is 4.34. The molecule has 3 aliphatic rings. The van der Waals surface area contributed by atoms with E-state index < -0.39 is 6.61 Å². The number of likely N-dealkylation sites (tertiary alicyclic amines) is 1. The second kappa shape index (κ2) is 8.99. The number of hydrogen-bond donors (Lipinski definition) is 1. The molecule has 1 N–H and O–H groups in total. The van der Waals surface area contributed by atoms with Crippen LogP contribution in [0.3, 0.4) is 0 Å². The molecular formula is C29H33NO5. The van der Waals surface area contributed by atoms with Gasteiger partial charge in [-0.25, -0.2) is 0 Å². The van der Waals surface area contributed by atoms with Gasteiger partial charge in [-0.05, 0) is 86.8 Å². The molecule has 2 aliphatic carbocycles. The van der Waals surface area contributed by atoms with Crippen LogP contribution in [0.2, 0.25) is 0 Å². The minimum absolute atomic E-state index is 0.131. The number of ketones is 2. The second-order valence-electron chi connectivity index (χ2n) is 11.1. The van der Waals surface area contributed by atoms with Gasteiger partial charge in [0.25, 0.3) is 0 Å². The van der Waals surface area contributed by atoms with Crippen molar-refractivity contribution in [1.29, 1.82) is 0 Å². The molecule has 0 radical (unpaired) electrons. The predicted molar refractivity (Wildman–Crippen MR) is 133 cm³/mol. The van der Waals surface area contributed by atoms with Crippen LogP contribution in [0, 0.1) is 5.92 Å². The molecule has 6 nitrogen and oxygen atoms in total. The van der Waals surface area contributed by atoms with Crippen molar-refractivity contribution in [3.8, 4) is 11.1 Å². The minimum atomic E-state index is -0.515. The molecule has 2 aromatic rings. The Balaban J connectivity index is 1.26. The van der Waals surface area contributed by atoms with Gasteiger partial charge in [0.05, 0.1) is 0 Å². The number of esters is 1. The van der Waals surface area contributed by atoms with Crippen LogP contribution in [0.4, 0.5) is 0 Å². The quantitative estimate of drug-likeness (QED) is 0.425. The molecule has 184 valence electrons. The maximum atomic E-state index is 13.1. The Bertz CT molecular complexity index is 1190. The van der Waals surface area contributed by atoms with Crippen LogP contribution in [-0.4, -0.2) is 58.4 Å². The van der Waals surface area contributed by atoms with Gasteiger partial charge in [-0.15, -0.1) is 0 Å². The maximum absolute atomic E-state index is 13.1. The summed E-state index contributed by atoms with van der Waals surface area (Å²) in [5, 5.41) is 9.14. The van der Waals surface area contributed by atoms with E-state index in [1.54, 1.807) is 12.1 Å². The Kier molecular flexibility index (Phi) is 6.14. The van der Waals surface area contributed by atoms with E-state index in [-0.39, 0.29) is 35.7 Å². The molecule has 2 aromatic carbocycles. The van der Waals surface area contributed by atoms with Crippen molar-refractivity contribution in [1.82, 2.24) is 4.90 Å². The largest absolute Gasteiger partial charge is 0.456 e. The second-order valence-corrected chi connectivity index (χ2v) is 11.1. The fourth-order valence-corrected chi connectivity index (χ4v) is 6.43. The van der Waals surface area contributed by atoms with Gasteiger partial charge in [0, 0.05) is 22.7 Å². The number of benzene rings is 2. The van der Waals surface area contributed by atoms with Crippen molar-refractivity contribution in [3.63, 3.8) is 0 Å². The summed E-state index contributed by atoms with van der Waals surface area (Å²) in [5.74, 6) is -0.280. The molecule has 35 heavy (non-hydrogen) atoms. The van der Waals surface area contributed by atoms with Crippen LogP contribution >= 0.6 is 0 Å². The topological polar surface area (TPSA) is 83.9 Å². The van der Waals surface area contributed by atoms with Gasteiger partial charge >= 0.3 is 5.97 Å². The number of carbonyl (C=O) groups is 3. The summed E-state index contributed by atoms with van der Waals surface area (Å²) >= 11 is 0. The minimum Gasteiger partial charge on any atom is -0.456 e. The summed E-state index contributed by atoms with van der Waals surface area (Å²) in [5.41, 5.74) is 4.96. The Labute approximate surface area is 206 Å². The van der Waals surface area contributed by atoms with Crippen LogP contribution < -0.4 is 0 Å². The summed E-state index contributed by atoms with van der Waals surface area (Å²) in [4.78, 5) is 40.1. The third-order valence-corrected chi connectivity index (χ3v) is 7.90. The number of hydrogen-bond acceptors (Lipinski definition) is 6. The zero-order chi connectivity index (χ0) is 24.9. The molecule has 1 aliphatic heterocycles. The lowest BCUT2D eigenvalue weighted by Gasteiger charge is -2.40. The van der Waals surface area contributed by atoms with Crippen LogP contribution in [0.1, 0.15) is 78.3 Å². The number of carbonyl (C=O) groups excluding carboxylic acids is 3. The normalized spacial score (nSPS) is 23.0. The van der Waals surface area contributed by atoms with E-state index in [0.717, 1.165) is 41.5 Å². The highest BCUT2D eigenvalue weighted by Gasteiger charge is 2.50. The molecule has 0 aromatic heterocycles. The predicted octanol–water partition coefficient (Wildman–Crippen LogP) is 4.20. The van der Waals surface area contributed by atoms with Crippen molar-refractivity contribution in [2.24, 2.45) is 5.92 Å². The van der Waals surface area contributed by atoms with Gasteiger partial charge in [0.2, 0.25) is 0 Å². The molecule has 6 heteroatoms. The summed E-state index contributed by atoms with van der Waals surface area (Å²) in [6.45, 7) is 5.65. The summed E-state index contributed by atoms with van der Waals surface area (Å²) in [7, 11) is 0. The van der Waals surface area contributed by atoms with Crippen LogP contribution in [0.5, 0.6) is 0 Å². The molecule has 3 atom stereocenters. The van der Waals surface area contributed by atoms with Crippen molar-refractivity contribution in [2.75, 3.05) is 13.2 Å². The smallest absolute Gasteiger partial charge is 0.323 e. The number of Topliss-reactive ketones (excluding diaryl/α,β-unsaturated/α-hetero) is 2. The lowest BCUT2D eigenvalue weighted by atomic mass is 10.0. The number of aliphatic hydroxyl groups is 1. The molecule has 2 fully saturated rings. The third-order valence-electron chi connectivity index (χ3n) is 7.90. The average molecular weight is 476 g/mol. The highest BCUT2D eigenvalue weighted by Crippen LogP contribution is 2.45. The van der Waals surface area contributed by atoms with Crippen molar-refractivity contribution in [2.45, 2.75) is 70.5 Å². The number of nitrogens with zero attached hydrogens (tertiary/aromatic N) is 1. The summed E-state index contributed by atoms with van der Waals surface area (Å²) in [6.07, 6.45) is 4.92. The van der Waals surface area contributed by atoms with Crippen molar-refractivity contribution in [3.05, 3.63) is 58.7 Å². The molecule has 5 rings (SSSR count). The van der Waals surface area contributed by atoms with Gasteiger partial charge in [0.1, 0.15) is 12.6 Å². The van der Waals surface area contributed by atoms with Gasteiger partial charge in [-0.1, -0.05) is 30.7 Å². The Hall–Kier alpha value is -2.83. The zero-order valence-corrected chi connectivity index (χ0v) is 20.7. The van der Waals surface area contributed by atoms with Gasteiger partial charge in [0.15, 0.2) is 18.2 Å². The highest BCUT2D eigenvalue weighted by molar-refractivity contribution is 6.00. The monoisotopic (exact) mass is 475 g/mol. The Morgan fingerprint density at radius 2 is 1.60 bits per heavy atom.